The van der Waals surface area contributed by atoms with E-state index >= 15 is 0 Å². The second kappa shape index (κ2) is 3.28. The van der Waals surface area contributed by atoms with E-state index in [2.05, 4.69) is 0 Å². The Labute approximate surface area is 77.4 Å². The molecule has 0 amide bonds. The molecule has 1 aromatic rings. The molecule has 0 atom stereocenters. The molecule has 0 spiro atoms. The molecule has 64 valence electrons. The quantitative estimate of drug-likeness (QED) is 0.643. The van der Waals surface area contributed by atoms with Gasteiger partial charge in [0.15, 0.2) is 0 Å². The van der Waals surface area contributed by atoms with Crippen molar-refractivity contribution in [3.63, 3.8) is 0 Å². The van der Waals surface area contributed by atoms with Crippen molar-refractivity contribution in [1.82, 2.24) is 0 Å². The number of aldehydes is 1. The van der Waals surface area contributed by atoms with Crippen LogP contribution in [0, 0.1) is 0 Å². The summed E-state index contributed by atoms with van der Waals surface area (Å²) in [6.45, 7) is 3.76. The van der Waals surface area contributed by atoms with Crippen molar-refractivity contribution in [3.05, 3.63) is 34.9 Å². The molecule has 0 heterocycles. The SMILES string of the molecule is CC(C)(C=O)c1ccc(Cl)cc1. The van der Waals surface area contributed by atoms with Crippen molar-refractivity contribution in [2.24, 2.45) is 0 Å². The first kappa shape index (κ1) is 9.27. The lowest BCUT2D eigenvalue weighted by atomic mass is 9.87. The Morgan fingerprint density at radius 2 is 1.75 bits per heavy atom. The average molecular weight is 183 g/mol. The zero-order valence-corrected chi connectivity index (χ0v) is 7.93. The van der Waals surface area contributed by atoms with E-state index in [0.29, 0.717) is 5.02 Å². The van der Waals surface area contributed by atoms with Gasteiger partial charge in [0.05, 0.1) is 0 Å². The second-order valence-electron chi connectivity index (χ2n) is 3.35. The molecule has 2 heteroatoms. The molecular weight excluding hydrogens is 172 g/mol. The summed E-state index contributed by atoms with van der Waals surface area (Å²) < 4.78 is 0. The molecule has 0 saturated heterocycles. The summed E-state index contributed by atoms with van der Waals surface area (Å²) >= 11 is 5.72. The van der Waals surface area contributed by atoms with Gasteiger partial charge in [0.2, 0.25) is 0 Å². The molecule has 1 nitrogen and oxygen atoms in total. The van der Waals surface area contributed by atoms with Gasteiger partial charge in [-0.05, 0) is 31.5 Å². The Balaban J connectivity index is 3.04. The van der Waals surface area contributed by atoms with E-state index in [9.17, 15) is 4.79 Å². The van der Waals surface area contributed by atoms with Crippen LogP contribution in [-0.4, -0.2) is 6.29 Å². The van der Waals surface area contributed by atoms with Crippen LogP contribution in [0.5, 0.6) is 0 Å². The molecule has 0 aromatic heterocycles. The molecule has 12 heavy (non-hydrogen) atoms. The number of carbonyl (C=O) groups excluding carboxylic acids is 1. The second-order valence-corrected chi connectivity index (χ2v) is 3.78. The molecule has 0 bridgehead atoms. The van der Waals surface area contributed by atoms with Gasteiger partial charge in [0, 0.05) is 10.4 Å². The van der Waals surface area contributed by atoms with E-state index in [1.165, 1.54) is 0 Å². The highest BCUT2D eigenvalue weighted by Crippen LogP contribution is 2.21. The summed E-state index contributed by atoms with van der Waals surface area (Å²) in [5.41, 5.74) is 0.576. The Morgan fingerprint density at radius 3 is 2.17 bits per heavy atom. The highest BCUT2D eigenvalue weighted by molar-refractivity contribution is 6.30. The van der Waals surface area contributed by atoms with E-state index < -0.39 is 5.41 Å². The normalized spacial score (nSPS) is 11.2. The third-order valence-corrected chi connectivity index (χ3v) is 2.13. The van der Waals surface area contributed by atoms with Crippen LogP contribution in [0.25, 0.3) is 0 Å². The number of rotatable bonds is 2. The summed E-state index contributed by atoms with van der Waals surface area (Å²) in [6.07, 6.45) is 0.941. The molecule has 0 fully saturated rings. The lowest BCUT2D eigenvalue weighted by Gasteiger charge is -2.16. The van der Waals surface area contributed by atoms with Crippen molar-refractivity contribution in [2.45, 2.75) is 19.3 Å². The van der Waals surface area contributed by atoms with Gasteiger partial charge in [-0.25, -0.2) is 0 Å². The Morgan fingerprint density at radius 1 is 1.25 bits per heavy atom. The van der Waals surface area contributed by atoms with Crippen LogP contribution in [0.2, 0.25) is 5.02 Å². The van der Waals surface area contributed by atoms with Crippen molar-refractivity contribution in [3.8, 4) is 0 Å². The van der Waals surface area contributed by atoms with Crippen LogP contribution in [0.15, 0.2) is 24.3 Å². The first-order chi connectivity index (χ1) is 5.56. The average Bonchev–Trinajstić information content (AvgIpc) is 2.05. The van der Waals surface area contributed by atoms with Crippen LogP contribution >= 0.6 is 11.6 Å². The van der Waals surface area contributed by atoms with Crippen molar-refractivity contribution < 1.29 is 4.79 Å². The lowest BCUT2D eigenvalue weighted by Crippen LogP contribution is -2.18. The third kappa shape index (κ3) is 1.86. The Hall–Kier alpha value is -0.820. The predicted molar refractivity (Wildman–Crippen MR) is 50.5 cm³/mol. The van der Waals surface area contributed by atoms with Gasteiger partial charge in [-0.1, -0.05) is 23.7 Å². The maximum atomic E-state index is 10.7. The summed E-state index contributed by atoms with van der Waals surface area (Å²) in [5.74, 6) is 0. The molecule has 1 aromatic carbocycles. The topological polar surface area (TPSA) is 17.1 Å². The van der Waals surface area contributed by atoms with E-state index in [0.717, 1.165) is 11.8 Å². The highest BCUT2D eigenvalue weighted by Gasteiger charge is 2.18. The maximum absolute atomic E-state index is 10.7. The fraction of sp³-hybridized carbons (Fsp3) is 0.300. The first-order valence-corrected chi connectivity index (χ1v) is 4.16. The number of hydrogen-bond donors (Lipinski definition) is 0. The van der Waals surface area contributed by atoms with Gasteiger partial charge in [-0.3, -0.25) is 0 Å². The fourth-order valence-electron chi connectivity index (χ4n) is 0.947. The summed E-state index contributed by atoms with van der Waals surface area (Å²) in [4.78, 5) is 10.7. The van der Waals surface area contributed by atoms with Gasteiger partial charge >= 0.3 is 0 Å². The minimum absolute atomic E-state index is 0.412. The third-order valence-electron chi connectivity index (χ3n) is 1.88. The van der Waals surface area contributed by atoms with Crippen LogP contribution < -0.4 is 0 Å². The minimum Gasteiger partial charge on any atom is -0.302 e. The summed E-state index contributed by atoms with van der Waals surface area (Å²) in [5, 5.41) is 0.695. The number of carbonyl (C=O) groups is 1. The summed E-state index contributed by atoms with van der Waals surface area (Å²) in [6, 6.07) is 7.33. The molecule has 0 N–H and O–H groups in total. The largest absolute Gasteiger partial charge is 0.302 e. The molecule has 0 unspecified atom stereocenters. The van der Waals surface area contributed by atoms with Crippen molar-refractivity contribution in [2.75, 3.05) is 0 Å². The van der Waals surface area contributed by atoms with E-state index in [-0.39, 0.29) is 0 Å². The van der Waals surface area contributed by atoms with Crippen LogP contribution in [0.1, 0.15) is 19.4 Å². The Bertz CT molecular complexity index is 274. The molecule has 0 aliphatic heterocycles. The van der Waals surface area contributed by atoms with E-state index in [4.69, 9.17) is 11.6 Å². The van der Waals surface area contributed by atoms with E-state index in [1.807, 2.05) is 26.0 Å². The van der Waals surface area contributed by atoms with Crippen molar-refractivity contribution >= 4 is 17.9 Å². The minimum atomic E-state index is -0.412. The standard InChI is InChI=1S/C10H11ClO/c1-10(2,7-12)8-3-5-9(11)6-4-8/h3-7H,1-2H3. The summed E-state index contributed by atoms with van der Waals surface area (Å²) in [7, 11) is 0. The first-order valence-electron chi connectivity index (χ1n) is 3.78. The van der Waals surface area contributed by atoms with Crippen LogP contribution in [0.4, 0.5) is 0 Å². The lowest BCUT2D eigenvalue weighted by molar-refractivity contribution is -0.111. The fourth-order valence-corrected chi connectivity index (χ4v) is 1.07. The molecule has 0 saturated carbocycles. The van der Waals surface area contributed by atoms with Gasteiger partial charge in [0.25, 0.3) is 0 Å². The molecule has 0 radical (unpaired) electrons. The van der Waals surface area contributed by atoms with Gasteiger partial charge in [-0.15, -0.1) is 0 Å². The number of benzene rings is 1. The van der Waals surface area contributed by atoms with Gasteiger partial charge in [0.1, 0.15) is 6.29 Å². The van der Waals surface area contributed by atoms with Crippen LogP contribution in [0.3, 0.4) is 0 Å². The maximum Gasteiger partial charge on any atom is 0.129 e. The molecule has 1 rings (SSSR count). The van der Waals surface area contributed by atoms with Gasteiger partial charge < -0.3 is 4.79 Å². The number of halogens is 1. The smallest absolute Gasteiger partial charge is 0.129 e. The zero-order chi connectivity index (χ0) is 9.19. The van der Waals surface area contributed by atoms with E-state index in [1.54, 1.807) is 12.1 Å². The predicted octanol–water partition coefficient (Wildman–Crippen LogP) is 2.82. The zero-order valence-electron chi connectivity index (χ0n) is 7.17. The Kier molecular flexibility index (Phi) is 2.53. The monoisotopic (exact) mass is 182 g/mol. The van der Waals surface area contributed by atoms with Gasteiger partial charge in [-0.2, -0.15) is 0 Å². The molecule has 0 aliphatic carbocycles. The van der Waals surface area contributed by atoms with Crippen LogP contribution in [-0.2, 0) is 10.2 Å². The molecular formula is C10H11ClO. The molecule has 0 aliphatic rings. The number of hydrogen-bond acceptors (Lipinski definition) is 1. The highest BCUT2D eigenvalue weighted by atomic mass is 35.5. The van der Waals surface area contributed by atoms with Crippen molar-refractivity contribution in [1.29, 1.82) is 0 Å².